The van der Waals surface area contributed by atoms with Gasteiger partial charge in [-0.3, -0.25) is 14.4 Å². The first-order valence-electron chi connectivity index (χ1n) is 19.8. The van der Waals surface area contributed by atoms with Crippen LogP contribution in [0.5, 0.6) is 0 Å². The third-order valence-electron chi connectivity index (χ3n) is 7.46. The lowest BCUT2D eigenvalue weighted by atomic mass is 10.1. The number of rotatable bonds is 45. The molecular weight excluding hydrogens is 696 g/mol. The fourth-order valence-corrected chi connectivity index (χ4v) is 4.56. The molecule has 314 valence electrons. The molecule has 0 rings (SSSR count). The van der Waals surface area contributed by atoms with E-state index in [4.69, 9.17) is 57.2 Å². The van der Waals surface area contributed by atoms with Crippen LogP contribution in [0, 0.1) is 0 Å². The normalized spacial score (nSPS) is 11.3. The van der Waals surface area contributed by atoms with E-state index >= 15 is 0 Å². The minimum absolute atomic E-state index is 0.0581. The molecule has 0 aromatic carbocycles. The van der Waals surface area contributed by atoms with Crippen molar-refractivity contribution in [3.63, 3.8) is 0 Å². The van der Waals surface area contributed by atoms with E-state index in [2.05, 4.69) is 6.92 Å². The largest absolute Gasteiger partial charge is 0.481 e. The topological polar surface area (TPSA) is 173 Å². The summed E-state index contributed by atoms with van der Waals surface area (Å²) >= 11 is 0. The molecule has 0 aromatic rings. The van der Waals surface area contributed by atoms with Crippen molar-refractivity contribution in [3.8, 4) is 0 Å². The molecule has 0 saturated heterocycles. The highest BCUT2D eigenvalue weighted by Crippen LogP contribution is 2.10. The fourth-order valence-electron chi connectivity index (χ4n) is 4.56. The summed E-state index contributed by atoms with van der Waals surface area (Å²) in [5.41, 5.74) is 0. The molecule has 53 heavy (non-hydrogen) atoms. The zero-order valence-corrected chi connectivity index (χ0v) is 32.7. The zero-order chi connectivity index (χ0) is 38.6. The molecule has 0 bridgehead atoms. The van der Waals surface area contributed by atoms with Crippen molar-refractivity contribution in [2.24, 2.45) is 0 Å². The second kappa shape index (κ2) is 44.4. The van der Waals surface area contributed by atoms with Gasteiger partial charge in [-0.15, -0.1) is 0 Å². The SMILES string of the molecule is CCCCCCCCCCCC(=O)OCCOCCOCCOCCOCCOCCOCCOCCOCCOCCOC(=O)CCCCC(=O)O. The van der Waals surface area contributed by atoms with E-state index in [-0.39, 0.29) is 44.6 Å². The summed E-state index contributed by atoms with van der Waals surface area (Å²) in [6, 6.07) is 0. The van der Waals surface area contributed by atoms with Gasteiger partial charge in [-0.25, -0.2) is 0 Å². The summed E-state index contributed by atoms with van der Waals surface area (Å²) in [5, 5.41) is 8.56. The first-order valence-corrected chi connectivity index (χ1v) is 19.8. The van der Waals surface area contributed by atoms with Crippen molar-refractivity contribution < 1.29 is 71.6 Å². The number of carboxylic acid groups (broad SMARTS) is 1. The predicted octanol–water partition coefficient (Wildman–Crippen LogP) is 4.79. The van der Waals surface area contributed by atoms with Crippen LogP contribution in [-0.2, 0) is 66.5 Å². The maximum atomic E-state index is 11.8. The van der Waals surface area contributed by atoms with Gasteiger partial charge >= 0.3 is 17.9 Å². The van der Waals surface area contributed by atoms with E-state index in [0.717, 1.165) is 12.8 Å². The number of esters is 2. The lowest BCUT2D eigenvalue weighted by Gasteiger charge is -2.09. The summed E-state index contributed by atoms with van der Waals surface area (Å²) in [6.45, 7) is 10.6. The molecule has 0 aliphatic carbocycles. The van der Waals surface area contributed by atoms with Gasteiger partial charge in [0.15, 0.2) is 0 Å². The smallest absolute Gasteiger partial charge is 0.305 e. The van der Waals surface area contributed by atoms with Crippen LogP contribution in [0.2, 0.25) is 0 Å². The van der Waals surface area contributed by atoms with E-state index in [1.54, 1.807) is 0 Å². The first-order chi connectivity index (χ1) is 26.1. The highest BCUT2D eigenvalue weighted by molar-refractivity contribution is 5.70. The lowest BCUT2D eigenvalue weighted by Crippen LogP contribution is -2.16. The molecule has 0 unspecified atom stereocenters. The summed E-state index contributed by atoms with van der Waals surface area (Å²) in [7, 11) is 0. The molecule has 15 nitrogen and oxygen atoms in total. The van der Waals surface area contributed by atoms with Crippen molar-refractivity contribution >= 4 is 17.9 Å². The summed E-state index contributed by atoms with van der Waals surface area (Å²) in [6.07, 6.45) is 12.8. The Bertz CT molecular complexity index is 787. The van der Waals surface area contributed by atoms with Crippen molar-refractivity contribution in [1.29, 1.82) is 0 Å². The van der Waals surface area contributed by atoms with E-state index < -0.39 is 5.97 Å². The van der Waals surface area contributed by atoms with Crippen molar-refractivity contribution in [3.05, 3.63) is 0 Å². The van der Waals surface area contributed by atoms with Crippen LogP contribution in [0.3, 0.4) is 0 Å². The van der Waals surface area contributed by atoms with E-state index in [0.29, 0.717) is 132 Å². The molecule has 0 heterocycles. The Balaban J connectivity index is 3.15. The zero-order valence-electron chi connectivity index (χ0n) is 32.7. The molecule has 15 heteroatoms. The van der Waals surface area contributed by atoms with Crippen LogP contribution in [-0.4, -0.2) is 155 Å². The standard InChI is InChI=1S/C38H72O15/c1-2-3-4-5-6-7-8-9-10-14-37(41)52-34-32-50-30-28-48-26-24-46-22-20-44-18-16-43-17-19-45-21-23-47-25-27-49-29-31-51-33-35-53-38(42)15-12-11-13-36(39)40/h2-35H2,1H3,(H,39,40). The predicted molar refractivity (Wildman–Crippen MR) is 197 cm³/mol. The Kier molecular flexibility index (Phi) is 42.8. The van der Waals surface area contributed by atoms with Crippen LogP contribution >= 0.6 is 0 Å². The number of aliphatic carboxylic acids is 1. The minimum atomic E-state index is -0.864. The average Bonchev–Trinajstić information content (AvgIpc) is 3.14. The van der Waals surface area contributed by atoms with Gasteiger partial charge in [-0.05, 0) is 19.3 Å². The van der Waals surface area contributed by atoms with Gasteiger partial charge in [0.05, 0.1) is 119 Å². The third-order valence-corrected chi connectivity index (χ3v) is 7.46. The number of carbonyl (C=O) groups excluding carboxylic acids is 2. The number of carboxylic acids is 1. The van der Waals surface area contributed by atoms with Crippen molar-refractivity contribution in [2.45, 2.75) is 96.8 Å². The number of ether oxygens (including phenoxy) is 11. The summed E-state index contributed by atoms with van der Waals surface area (Å²) in [4.78, 5) is 33.7. The molecule has 0 amide bonds. The van der Waals surface area contributed by atoms with Crippen LogP contribution in [0.25, 0.3) is 0 Å². The van der Waals surface area contributed by atoms with Gasteiger partial charge < -0.3 is 57.2 Å². The Morgan fingerprint density at radius 2 is 0.547 bits per heavy atom. The van der Waals surface area contributed by atoms with E-state index in [9.17, 15) is 14.4 Å². The Morgan fingerprint density at radius 3 is 0.830 bits per heavy atom. The minimum Gasteiger partial charge on any atom is -0.481 e. The Morgan fingerprint density at radius 1 is 0.321 bits per heavy atom. The molecule has 0 saturated carbocycles. The fraction of sp³-hybridized carbons (Fsp3) is 0.921. The van der Waals surface area contributed by atoms with Crippen LogP contribution < -0.4 is 0 Å². The molecular formula is C38H72O15. The number of carbonyl (C=O) groups is 3. The van der Waals surface area contributed by atoms with Gasteiger partial charge in [0, 0.05) is 19.3 Å². The highest BCUT2D eigenvalue weighted by Gasteiger charge is 2.05. The Labute approximate surface area is 318 Å². The van der Waals surface area contributed by atoms with Crippen LogP contribution in [0.15, 0.2) is 0 Å². The van der Waals surface area contributed by atoms with Crippen LogP contribution in [0.1, 0.15) is 96.8 Å². The molecule has 0 radical (unpaired) electrons. The lowest BCUT2D eigenvalue weighted by molar-refractivity contribution is -0.146. The maximum Gasteiger partial charge on any atom is 0.305 e. The molecule has 0 spiro atoms. The van der Waals surface area contributed by atoms with Gasteiger partial charge in [0.1, 0.15) is 13.2 Å². The van der Waals surface area contributed by atoms with Crippen LogP contribution in [0.4, 0.5) is 0 Å². The quantitative estimate of drug-likeness (QED) is 0.0662. The molecule has 0 atom stereocenters. The molecule has 0 aliphatic rings. The van der Waals surface area contributed by atoms with E-state index in [1.807, 2.05) is 0 Å². The number of hydrogen-bond donors (Lipinski definition) is 1. The number of hydrogen-bond acceptors (Lipinski definition) is 14. The molecule has 1 N–H and O–H groups in total. The first kappa shape index (κ1) is 51.0. The van der Waals surface area contributed by atoms with Gasteiger partial charge in [-0.2, -0.15) is 0 Å². The molecule has 0 aromatic heterocycles. The third kappa shape index (κ3) is 46.1. The van der Waals surface area contributed by atoms with Gasteiger partial charge in [0.2, 0.25) is 0 Å². The number of unbranched alkanes of at least 4 members (excludes halogenated alkanes) is 9. The monoisotopic (exact) mass is 768 g/mol. The second-order valence-electron chi connectivity index (χ2n) is 12.1. The van der Waals surface area contributed by atoms with Gasteiger partial charge in [-0.1, -0.05) is 58.3 Å². The van der Waals surface area contributed by atoms with Crippen molar-refractivity contribution in [2.75, 3.05) is 132 Å². The second-order valence-corrected chi connectivity index (χ2v) is 12.1. The molecule has 0 aliphatic heterocycles. The Hall–Kier alpha value is -1.95. The summed E-state index contributed by atoms with van der Waals surface area (Å²) < 4.78 is 59.2. The molecule has 0 fully saturated rings. The van der Waals surface area contributed by atoms with Gasteiger partial charge in [0.25, 0.3) is 0 Å². The highest BCUT2D eigenvalue weighted by atomic mass is 16.6. The average molecular weight is 769 g/mol. The summed E-state index contributed by atoms with van der Waals surface area (Å²) in [5.74, 6) is -1.36. The van der Waals surface area contributed by atoms with E-state index in [1.165, 1.54) is 44.9 Å². The maximum absolute atomic E-state index is 11.8. The van der Waals surface area contributed by atoms with Crippen molar-refractivity contribution in [1.82, 2.24) is 0 Å².